The maximum absolute atomic E-state index is 12.3. The average molecular weight is 351 g/mol. The Morgan fingerprint density at radius 3 is 2.52 bits per heavy atom. The lowest BCUT2D eigenvalue weighted by atomic mass is 9.95. The minimum absolute atomic E-state index is 0.0102. The molecular formula is C19H33N3O3. The van der Waals surface area contributed by atoms with Gasteiger partial charge in [-0.25, -0.2) is 0 Å². The van der Waals surface area contributed by atoms with Gasteiger partial charge in [-0.3, -0.25) is 14.4 Å². The van der Waals surface area contributed by atoms with Crippen molar-refractivity contribution in [3.8, 4) is 0 Å². The molecule has 2 saturated heterocycles. The highest BCUT2D eigenvalue weighted by molar-refractivity contribution is 5.80. The fourth-order valence-electron chi connectivity index (χ4n) is 3.63. The van der Waals surface area contributed by atoms with E-state index in [1.54, 1.807) is 0 Å². The first kappa shape index (κ1) is 19.7. The van der Waals surface area contributed by atoms with Crippen LogP contribution in [-0.4, -0.2) is 60.2 Å². The molecule has 0 aromatic rings. The van der Waals surface area contributed by atoms with Gasteiger partial charge in [0.1, 0.15) is 0 Å². The third-order valence-electron chi connectivity index (χ3n) is 5.25. The van der Waals surface area contributed by atoms with Crippen molar-refractivity contribution in [1.82, 2.24) is 15.1 Å². The number of hydrogen-bond acceptors (Lipinski definition) is 3. The number of rotatable bonds is 6. The van der Waals surface area contributed by atoms with Crippen LogP contribution >= 0.6 is 0 Å². The molecule has 142 valence electrons. The second-order valence-corrected chi connectivity index (χ2v) is 7.59. The van der Waals surface area contributed by atoms with Crippen molar-refractivity contribution in [2.45, 2.75) is 58.8 Å². The number of nitrogens with one attached hydrogen (secondary N) is 1. The SMILES string of the molecule is CC(C)C(=O)N1CCC(C(=O)NCCCN2CCCCCC2=O)CC1. The van der Waals surface area contributed by atoms with Crippen LogP contribution in [0.3, 0.4) is 0 Å². The van der Waals surface area contributed by atoms with E-state index in [1.807, 2.05) is 23.6 Å². The summed E-state index contributed by atoms with van der Waals surface area (Å²) in [5.74, 6) is 0.564. The van der Waals surface area contributed by atoms with E-state index in [-0.39, 0.29) is 29.6 Å². The first-order valence-corrected chi connectivity index (χ1v) is 9.83. The molecule has 0 bridgehead atoms. The number of carbonyl (C=O) groups is 3. The fraction of sp³-hybridized carbons (Fsp3) is 0.842. The highest BCUT2D eigenvalue weighted by Crippen LogP contribution is 2.19. The first-order valence-electron chi connectivity index (χ1n) is 9.83. The minimum Gasteiger partial charge on any atom is -0.356 e. The quantitative estimate of drug-likeness (QED) is 0.742. The van der Waals surface area contributed by atoms with Crippen molar-refractivity contribution in [2.75, 3.05) is 32.7 Å². The number of hydrogen-bond donors (Lipinski definition) is 1. The van der Waals surface area contributed by atoms with Crippen molar-refractivity contribution in [3.63, 3.8) is 0 Å². The van der Waals surface area contributed by atoms with Crippen LogP contribution in [-0.2, 0) is 14.4 Å². The third kappa shape index (κ3) is 6.01. The molecule has 6 nitrogen and oxygen atoms in total. The third-order valence-corrected chi connectivity index (χ3v) is 5.25. The van der Waals surface area contributed by atoms with E-state index < -0.39 is 0 Å². The van der Waals surface area contributed by atoms with Gasteiger partial charge in [0.2, 0.25) is 17.7 Å². The van der Waals surface area contributed by atoms with Gasteiger partial charge in [0.25, 0.3) is 0 Å². The predicted octanol–water partition coefficient (Wildman–Crippen LogP) is 1.79. The van der Waals surface area contributed by atoms with Crippen LogP contribution in [0.4, 0.5) is 0 Å². The molecule has 0 aromatic heterocycles. The van der Waals surface area contributed by atoms with Gasteiger partial charge in [0, 0.05) is 51.0 Å². The zero-order chi connectivity index (χ0) is 18.2. The van der Waals surface area contributed by atoms with E-state index >= 15 is 0 Å². The zero-order valence-corrected chi connectivity index (χ0v) is 15.8. The molecule has 0 saturated carbocycles. The minimum atomic E-state index is 0.0102. The Bertz CT molecular complexity index is 471. The summed E-state index contributed by atoms with van der Waals surface area (Å²) in [5.41, 5.74) is 0. The largest absolute Gasteiger partial charge is 0.356 e. The molecule has 2 aliphatic rings. The molecule has 0 unspecified atom stereocenters. The van der Waals surface area contributed by atoms with Crippen molar-refractivity contribution in [2.24, 2.45) is 11.8 Å². The first-order chi connectivity index (χ1) is 12.0. The van der Waals surface area contributed by atoms with E-state index in [0.29, 0.717) is 26.1 Å². The fourth-order valence-corrected chi connectivity index (χ4v) is 3.63. The molecule has 2 rings (SSSR count). The van der Waals surface area contributed by atoms with E-state index in [9.17, 15) is 14.4 Å². The summed E-state index contributed by atoms with van der Waals surface area (Å²) in [7, 11) is 0. The van der Waals surface area contributed by atoms with Gasteiger partial charge >= 0.3 is 0 Å². The lowest BCUT2D eigenvalue weighted by Gasteiger charge is -2.32. The summed E-state index contributed by atoms with van der Waals surface area (Å²) < 4.78 is 0. The van der Waals surface area contributed by atoms with Crippen molar-refractivity contribution in [1.29, 1.82) is 0 Å². The monoisotopic (exact) mass is 351 g/mol. The Labute approximate surface area is 151 Å². The van der Waals surface area contributed by atoms with E-state index in [4.69, 9.17) is 0 Å². The Hall–Kier alpha value is -1.59. The summed E-state index contributed by atoms with van der Waals surface area (Å²) in [6, 6.07) is 0. The molecule has 2 fully saturated rings. The highest BCUT2D eigenvalue weighted by atomic mass is 16.2. The molecule has 3 amide bonds. The van der Waals surface area contributed by atoms with E-state index in [1.165, 1.54) is 0 Å². The van der Waals surface area contributed by atoms with Crippen molar-refractivity contribution in [3.05, 3.63) is 0 Å². The van der Waals surface area contributed by atoms with Crippen molar-refractivity contribution >= 4 is 17.7 Å². The van der Waals surface area contributed by atoms with Crippen LogP contribution in [0, 0.1) is 11.8 Å². The molecule has 0 radical (unpaired) electrons. The van der Waals surface area contributed by atoms with Gasteiger partial charge < -0.3 is 15.1 Å². The van der Waals surface area contributed by atoms with Gasteiger partial charge in [-0.15, -0.1) is 0 Å². The Kier molecular flexibility index (Phi) is 7.72. The van der Waals surface area contributed by atoms with Gasteiger partial charge in [-0.2, -0.15) is 0 Å². The maximum atomic E-state index is 12.3. The molecule has 0 aromatic carbocycles. The molecule has 6 heteroatoms. The normalized spacial score (nSPS) is 19.9. The van der Waals surface area contributed by atoms with Crippen LogP contribution in [0.25, 0.3) is 0 Å². The van der Waals surface area contributed by atoms with Gasteiger partial charge in [0.05, 0.1) is 0 Å². The molecule has 0 spiro atoms. The summed E-state index contributed by atoms with van der Waals surface area (Å²) in [6.07, 6.45) is 6.19. The second-order valence-electron chi connectivity index (χ2n) is 7.59. The summed E-state index contributed by atoms with van der Waals surface area (Å²) in [4.78, 5) is 40.0. The van der Waals surface area contributed by atoms with Crippen LogP contribution < -0.4 is 5.32 Å². The Balaban J connectivity index is 1.63. The van der Waals surface area contributed by atoms with Crippen molar-refractivity contribution < 1.29 is 14.4 Å². The van der Waals surface area contributed by atoms with Crippen LogP contribution in [0.2, 0.25) is 0 Å². The molecule has 2 heterocycles. The van der Waals surface area contributed by atoms with E-state index in [2.05, 4.69) is 5.32 Å². The lowest BCUT2D eigenvalue weighted by Crippen LogP contribution is -2.44. The van der Waals surface area contributed by atoms with Gasteiger partial charge in [0.15, 0.2) is 0 Å². The smallest absolute Gasteiger partial charge is 0.225 e. The number of piperidine rings is 1. The second kappa shape index (κ2) is 9.78. The Morgan fingerprint density at radius 1 is 1.12 bits per heavy atom. The Morgan fingerprint density at radius 2 is 1.84 bits per heavy atom. The van der Waals surface area contributed by atoms with Gasteiger partial charge in [-0.05, 0) is 32.1 Å². The molecular weight excluding hydrogens is 318 g/mol. The molecule has 0 atom stereocenters. The van der Waals surface area contributed by atoms with E-state index in [0.717, 1.165) is 51.6 Å². The zero-order valence-electron chi connectivity index (χ0n) is 15.8. The summed E-state index contributed by atoms with van der Waals surface area (Å²) in [5, 5.41) is 3.01. The molecule has 2 aliphatic heterocycles. The molecule has 25 heavy (non-hydrogen) atoms. The average Bonchev–Trinajstić information content (AvgIpc) is 2.82. The number of nitrogens with zero attached hydrogens (tertiary/aromatic N) is 2. The topological polar surface area (TPSA) is 69.7 Å². The maximum Gasteiger partial charge on any atom is 0.225 e. The summed E-state index contributed by atoms with van der Waals surface area (Å²) in [6.45, 7) is 7.39. The standard InChI is InChI=1S/C19H33N3O3/c1-15(2)19(25)22-13-8-16(9-14-22)18(24)20-10-6-12-21-11-5-3-4-7-17(21)23/h15-16H,3-14H2,1-2H3,(H,20,24). The molecule has 0 aliphatic carbocycles. The lowest BCUT2D eigenvalue weighted by molar-refractivity contribution is -0.138. The number of likely N-dealkylation sites (tertiary alicyclic amines) is 2. The van der Waals surface area contributed by atoms with Crippen LogP contribution in [0.5, 0.6) is 0 Å². The van der Waals surface area contributed by atoms with Crippen LogP contribution in [0.1, 0.15) is 58.8 Å². The number of amides is 3. The van der Waals surface area contributed by atoms with Crippen LogP contribution in [0.15, 0.2) is 0 Å². The predicted molar refractivity (Wildman–Crippen MR) is 96.8 cm³/mol. The molecule has 1 N–H and O–H groups in total. The highest BCUT2D eigenvalue weighted by Gasteiger charge is 2.28. The summed E-state index contributed by atoms with van der Waals surface area (Å²) >= 11 is 0. The van der Waals surface area contributed by atoms with Gasteiger partial charge in [-0.1, -0.05) is 20.3 Å². The number of carbonyl (C=O) groups excluding carboxylic acids is 3.